The van der Waals surface area contributed by atoms with Crippen molar-refractivity contribution in [1.82, 2.24) is 30.4 Å². The summed E-state index contributed by atoms with van der Waals surface area (Å²) in [6.07, 6.45) is 0.598. The first-order valence-corrected chi connectivity index (χ1v) is 8.45. The van der Waals surface area contributed by atoms with Crippen LogP contribution in [0.1, 0.15) is 17.3 Å². The van der Waals surface area contributed by atoms with Crippen LogP contribution in [0.4, 0.5) is 0 Å². The van der Waals surface area contributed by atoms with E-state index in [4.69, 9.17) is 4.42 Å². The number of tetrazole rings is 1. The van der Waals surface area contributed by atoms with Crippen molar-refractivity contribution in [2.45, 2.75) is 13.0 Å². The van der Waals surface area contributed by atoms with Gasteiger partial charge in [-0.05, 0) is 29.0 Å². The summed E-state index contributed by atoms with van der Waals surface area (Å²) in [7, 11) is 0. The lowest BCUT2D eigenvalue weighted by molar-refractivity contribution is 0.446. The number of hydrogen-bond acceptors (Lipinski definition) is 6. The first kappa shape index (κ1) is 15.6. The second kappa shape index (κ2) is 6.94. The van der Waals surface area contributed by atoms with Gasteiger partial charge in [0.25, 0.3) is 0 Å². The average molecular weight is 397 g/mol. The predicted molar refractivity (Wildman–Crippen MR) is 93.6 cm³/mol. The van der Waals surface area contributed by atoms with E-state index in [9.17, 15) is 0 Å². The molecule has 8 heteroatoms. The van der Waals surface area contributed by atoms with Crippen molar-refractivity contribution < 1.29 is 4.42 Å². The van der Waals surface area contributed by atoms with Crippen LogP contribution in [0.3, 0.4) is 0 Å². The average Bonchev–Trinajstić information content (AvgIpc) is 3.28. The Bertz CT molecular complexity index is 981. The van der Waals surface area contributed by atoms with Crippen LogP contribution in [0.25, 0.3) is 11.5 Å². The Hall–Kier alpha value is -2.87. The highest BCUT2D eigenvalue weighted by Gasteiger charge is 2.11. The monoisotopic (exact) mass is 396 g/mol. The third kappa shape index (κ3) is 3.63. The maximum absolute atomic E-state index is 5.66. The van der Waals surface area contributed by atoms with Crippen LogP contribution < -0.4 is 0 Å². The normalized spacial score (nSPS) is 10.9. The van der Waals surface area contributed by atoms with E-state index in [-0.39, 0.29) is 6.54 Å². The quantitative estimate of drug-likeness (QED) is 0.515. The van der Waals surface area contributed by atoms with Crippen molar-refractivity contribution in [2.75, 3.05) is 0 Å². The highest BCUT2D eigenvalue weighted by Crippen LogP contribution is 2.18. The molecule has 0 saturated carbocycles. The minimum atomic E-state index is 0.281. The van der Waals surface area contributed by atoms with Crippen molar-refractivity contribution >= 4 is 15.9 Å². The minimum Gasteiger partial charge on any atom is -0.419 e. The van der Waals surface area contributed by atoms with Crippen molar-refractivity contribution in [3.63, 3.8) is 0 Å². The van der Waals surface area contributed by atoms with Gasteiger partial charge in [0.2, 0.25) is 11.8 Å². The molecular weight excluding hydrogens is 384 g/mol. The number of rotatable bonds is 5. The van der Waals surface area contributed by atoms with Gasteiger partial charge in [-0.1, -0.05) is 52.3 Å². The second-order valence-corrected chi connectivity index (χ2v) is 6.23. The van der Waals surface area contributed by atoms with Crippen LogP contribution in [-0.2, 0) is 13.0 Å². The molecule has 2 heterocycles. The van der Waals surface area contributed by atoms with Gasteiger partial charge in [-0.3, -0.25) is 0 Å². The fourth-order valence-corrected chi connectivity index (χ4v) is 2.79. The number of aromatic nitrogens is 6. The summed E-state index contributed by atoms with van der Waals surface area (Å²) < 4.78 is 6.69. The third-order valence-corrected chi connectivity index (χ3v) is 4.34. The molecule has 2 aromatic carbocycles. The van der Waals surface area contributed by atoms with Crippen molar-refractivity contribution in [1.29, 1.82) is 0 Å². The molecule has 0 radical (unpaired) electrons. The topological polar surface area (TPSA) is 82.5 Å². The number of benzene rings is 2. The molecule has 0 atom stereocenters. The molecule has 0 aliphatic carbocycles. The molecule has 0 spiro atoms. The summed E-state index contributed by atoms with van der Waals surface area (Å²) in [5, 5.41) is 20.6. The second-order valence-electron chi connectivity index (χ2n) is 5.37. The molecule has 7 nitrogen and oxygen atoms in total. The lowest BCUT2D eigenvalue weighted by Gasteiger charge is -1.99. The molecule has 25 heavy (non-hydrogen) atoms. The fraction of sp³-hybridized carbons (Fsp3) is 0.118. The van der Waals surface area contributed by atoms with Crippen LogP contribution in [0.15, 0.2) is 63.5 Å². The highest BCUT2D eigenvalue weighted by atomic mass is 79.9. The van der Waals surface area contributed by atoms with Gasteiger partial charge >= 0.3 is 0 Å². The molecule has 2 aromatic heterocycles. The standard InChI is InChI=1S/C17H13BrN6O/c18-14-9-5-4-8-13(14)10-15-19-23-24(22-15)11-16-20-21-17(25-16)12-6-2-1-3-7-12/h1-9H,10-11H2. The number of halogens is 1. The van der Waals surface area contributed by atoms with Gasteiger partial charge in [-0.2, -0.15) is 4.80 Å². The van der Waals surface area contributed by atoms with Gasteiger partial charge in [-0.15, -0.1) is 20.4 Å². The molecular formula is C17H13BrN6O. The first-order chi connectivity index (χ1) is 12.3. The number of nitrogens with zero attached hydrogens (tertiary/aromatic N) is 6. The Balaban J connectivity index is 1.47. The predicted octanol–water partition coefficient (Wildman–Crippen LogP) is 3.12. The summed E-state index contributed by atoms with van der Waals surface area (Å²) >= 11 is 3.52. The SMILES string of the molecule is Brc1ccccc1Cc1nnn(Cc2nnc(-c3ccccc3)o2)n1. The van der Waals surface area contributed by atoms with E-state index in [0.717, 1.165) is 15.6 Å². The third-order valence-electron chi connectivity index (χ3n) is 3.56. The molecule has 0 saturated heterocycles. The largest absolute Gasteiger partial charge is 0.419 e. The lowest BCUT2D eigenvalue weighted by Crippen LogP contribution is -2.04. The summed E-state index contributed by atoms with van der Waals surface area (Å²) in [6.45, 7) is 0.281. The summed E-state index contributed by atoms with van der Waals surface area (Å²) in [5.41, 5.74) is 1.98. The van der Waals surface area contributed by atoms with Crippen LogP contribution in [0, 0.1) is 0 Å². The van der Waals surface area contributed by atoms with Gasteiger partial charge in [-0.25, -0.2) is 0 Å². The Labute approximate surface area is 151 Å². The molecule has 124 valence electrons. The summed E-state index contributed by atoms with van der Waals surface area (Å²) in [4.78, 5) is 1.45. The van der Waals surface area contributed by atoms with Crippen LogP contribution >= 0.6 is 15.9 Å². The van der Waals surface area contributed by atoms with Gasteiger partial charge in [0.15, 0.2) is 5.82 Å². The zero-order valence-electron chi connectivity index (χ0n) is 13.1. The van der Waals surface area contributed by atoms with E-state index >= 15 is 0 Å². The molecule has 4 aromatic rings. The van der Waals surface area contributed by atoms with E-state index in [2.05, 4.69) is 41.5 Å². The summed E-state index contributed by atoms with van der Waals surface area (Å²) in [6, 6.07) is 17.6. The van der Waals surface area contributed by atoms with Crippen LogP contribution in [0.5, 0.6) is 0 Å². The van der Waals surface area contributed by atoms with Gasteiger partial charge < -0.3 is 4.42 Å². The smallest absolute Gasteiger partial charge is 0.247 e. The first-order valence-electron chi connectivity index (χ1n) is 7.66. The van der Waals surface area contributed by atoms with Gasteiger partial charge in [0, 0.05) is 16.5 Å². The van der Waals surface area contributed by atoms with Gasteiger partial charge in [0.05, 0.1) is 0 Å². The molecule has 0 bridgehead atoms. The van der Waals surface area contributed by atoms with E-state index in [1.165, 1.54) is 4.80 Å². The van der Waals surface area contributed by atoms with Crippen molar-refractivity contribution in [3.8, 4) is 11.5 Å². The molecule has 4 rings (SSSR count). The lowest BCUT2D eigenvalue weighted by atomic mass is 10.1. The molecule has 0 aliphatic heterocycles. The summed E-state index contributed by atoms with van der Waals surface area (Å²) in [5.74, 6) is 1.54. The molecule has 0 unspecified atom stereocenters. The highest BCUT2D eigenvalue weighted by molar-refractivity contribution is 9.10. The van der Waals surface area contributed by atoms with Crippen molar-refractivity contribution in [3.05, 3.63) is 76.3 Å². The van der Waals surface area contributed by atoms with Crippen LogP contribution in [0.2, 0.25) is 0 Å². The zero-order chi connectivity index (χ0) is 17.1. The Morgan fingerprint density at radius 1 is 0.920 bits per heavy atom. The van der Waals surface area contributed by atoms with Crippen LogP contribution in [-0.4, -0.2) is 30.4 Å². The van der Waals surface area contributed by atoms with Crippen molar-refractivity contribution in [2.24, 2.45) is 0 Å². The fourth-order valence-electron chi connectivity index (χ4n) is 2.36. The Kier molecular flexibility index (Phi) is 4.34. The molecule has 0 amide bonds. The van der Waals surface area contributed by atoms with E-state index in [1.807, 2.05) is 54.6 Å². The Morgan fingerprint density at radius 3 is 2.56 bits per heavy atom. The molecule has 0 N–H and O–H groups in total. The number of hydrogen-bond donors (Lipinski definition) is 0. The molecule has 0 fully saturated rings. The van der Waals surface area contributed by atoms with Gasteiger partial charge in [0.1, 0.15) is 6.54 Å². The molecule has 0 aliphatic rings. The Morgan fingerprint density at radius 2 is 1.72 bits per heavy atom. The van der Waals surface area contributed by atoms with E-state index < -0.39 is 0 Å². The minimum absolute atomic E-state index is 0.281. The van der Waals surface area contributed by atoms with E-state index in [1.54, 1.807) is 0 Å². The maximum atomic E-state index is 5.66. The zero-order valence-corrected chi connectivity index (χ0v) is 14.7. The maximum Gasteiger partial charge on any atom is 0.247 e. The van der Waals surface area contributed by atoms with E-state index in [0.29, 0.717) is 24.0 Å².